The third-order valence-electron chi connectivity index (χ3n) is 3.97. The largest absolute Gasteiger partial charge is 0.387 e. The molecule has 0 aliphatic heterocycles. The minimum Gasteiger partial charge on any atom is -0.387 e. The first-order valence-electron chi connectivity index (χ1n) is 7.26. The maximum Gasteiger partial charge on any atom is 0.0759 e. The monoisotopic (exact) mass is 276 g/mol. The van der Waals surface area contributed by atoms with Crippen LogP contribution in [0.3, 0.4) is 0 Å². The average molecular weight is 276 g/mol. The third kappa shape index (κ3) is 2.27. The zero-order valence-corrected chi connectivity index (χ0v) is 13.0. The standard InChI is InChI=1S/C19H20N2/c1-12-10-13(2)17-16(11-12)21-18(14(3)19(17)20-4)15-8-6-5-7-9-15/h5-11H,1-4H3,(H,20,21). The van der Waals surface area contributed by atoms with Gasteiger partial charge in [-0.3, -0.25) is 0 Å². The summed E-state index contributed by atoms with van der Waals surface area (Å²) in [5, 5.41) is 4.59. The first-order valence-corrected chi connectivity index (χ1v) is 7.26. The number of pyridine rings is 1. The van der Waals surface area contributed by atoms with E-state index in [-0.39, 0.29) is 0 Å². The number of rotatable bonds is 2. The molecule has 0 amide bonds. The Morgan fingerprint density at radius 3 is 2.33 bits per heavy atom. The van der Waals surface area contributed by atoms with Gasteiger partial charge in [-0.2, -0.15) is 0 Å². The van der Waals surface area contributed by atoms with Crippen molar-refractivity contribution >= 4 is 16.6 Å². The van der Waals surface area contributed by atoms with Crippen molar-refractivity contribution < 1.29 is 0 Å². The van der Waals surface area contributed by atoms with Crippen molar-refractivity contribution in [2.24, 2.45) is 0 Å². The molecule has 0 aliphatic carbocycles. The van der Waals surface area contributed by atoms with E-state index in [2.05, 4.69) is 62.5 Å². The van der Waals surface area contributed by atoms with Crippen LogP contribution in [0.25, 0.3) is 22.2 Å². The Balaban J connectivity index is 2.41. The lowest BCUT2D eigenvalue weighted by atomic mass is 9.98. The second-order valence-corrected chi connectivity index (χ2v) is 5.55. The van der Waals surface area contributed by atoms with Crippen LogP contribution in [-0.2, 0) is 0 Å². The van der Waals surface area contributed by atoms with E-state index in [4.69, 9.17) is 4.98 Å². The van der Waals surface area contributed by atoms with Crippen molar-refractivity contribution in [2.75, 3.05) is 12.4 Å². The van der Waals surface area contributed by atoms with Gasteiger partial charge in [0, 0.05) is 23.7 Å². The van der Waals surface area contributed by atoms with Gasteiger partial charge in [0.05, 0.1) is 11.2 Å². The molecule has 0 aliphatic rings. The zero-order valence-electron chi connectivity index (χ0n) is 13.0. The fourth-order valence-corrected chi connectivity index (χ4v) is 3.06. The van der Waals surface area contributed by atoms with Crippen molar-refractivity contribution in [2.45, 2.75) is 20.8 Å². The molecule has 3 rings (SSSR count). The molecule has 0 atom stereocenters. The summed E-state index contributed by atoms with van der Waals surface area (Å²) in [6.07, 6.45) is 0. The number of aryl methyl sites for hydroxylation is 2. The molecule has 0 saturated carbocycles. The highest BCUT2D eigenvalue weighted by Gasteiger charge is 2.14. The molecule has 21 heavy (non-hydrogen) atoms. The molecule has 0 saturated heterocycles. The average Bonchev–Trinajstić information content (AvgIpc) is 2.48. The maximum absolute atomic E-state index is 4.94. The Labute approximate surface area is 125 Å². The Bertz CT molecular complexity index is 805. The van der Waals surface area contributed by atoms with Gasteiger partial charge in [0.25, 0.3) is 0 Å². The summed E-state index contributed by atoms with van der Waals surface area (Å²) < 4.78 is 0. The van der Waals surface area contributed by atoms with Gasteiger partial charge in [0.15, 0.2) is 0 Å². The molecule has 1 N–H and O–H groups in total. The summed E-state index contributed by atoms with van der Waals surface area (Å²) in [5.74, 6) is 0. The Morgan fingerprint density at radius 1 is 0.952 bits per heavy atom. The van der Waals surface area contributed by atoms with E-state index in [9.17, 15) is 0 Å². The molecule has 106 valence electrons. The summed E-state index contributed by atoms with van der Waals surface area (Å²) in [4.78, 5) is 4.94. The van der Waals surface area contributed by atoms with Gasteiger partial charge in [-0.1, -0.05) is 36.4 Å². The fourth-order valence-electron chi connectivity index (χ4n) is 3.06. The van der Waals surface area contributed by atoms with Gasteiger partial charge in [-0.25, -0.2) is 4.98 Å². The SMILES string of the molecule is CNc1c(C)c(-c2ccccc2)nc2cc(C)cc(C)c12. The number of benzene rings is 2. The van der Waals surface area contributed by atoms with Crippen molar-refractivity contribution in [1.29, 1.82) is 0 Å². The number of hydrogen-bond acceptors (Lipinski definition) is 2. The predicted molar refractivity (Wildman–Crippen MR) is 90.9 cm³/mol. The van der Waals surface area contributed by atoms with Gasteiger partial charge in [-0.05, 0) is 43.5 Å². The van der Waals surface area contributed by atoms with Crippen molar-refractivity contribution in [3.63, 3.8) is 0 Å². The van der Waals surface area contributed by atoms with E-state index in [1.807, 2.05) is 13.1 Å². The summed E-state index contributed by atoms with van der Waals surface area (Å²) >= 11 is 0. The first kappa shape index (κ1) is 13.6. The highest BCUT2D eigenvalue weighted by Crippen LogP contribution is 2.35. The lowest BCUT2D eigenvalue weighted by molar-refractivity contribution is 1.29. The van der Waals surface area contributed by atoms with Gasteiger partial charge in [0.2, 0.25) is 0 Å². The maximum atomic E-state index is 4.94. The molecule has 0 spiro atoms. The minimum atomic E-state index is 1.05. The van der Waals surface area contributed by atoms with Crippen LogP contribution in [-0.4, -0.2) is 12.0 Å². The minimum absolute atomic E-state index is 1.05. The molecule has 1 heterocycles. The first-order chi connectivity index (χ1) is 10.1. The van der Waals surface area contributed by atoms with Crippen LogP contribution in [0, 0.1) is 20.8 Å². The van der Waals surface area contributed by atoms with Crippen molar-refractivity contribution in [3.8, 4) is 11.3 Å². The van der Waals surface area contributed by atoms with E-state index in [1.54, 1.807) is 0 Å². The molecule has 2 aromatic carbocycles. The predicted octanol–water partition coefficient (Wildman–Crippen LogP) is 4.87. The smallest absolute Gasteiger partial charge is 0.0759 e. The van der Waals surface area contributed by atoms with Crippen LogP contribution in [0.1, 0.15) is 16.7 Å². The van der Waals surface area contributed by atoms with Crippen molar-refractivity contribution in [1.82, 2.24) is 4.98 Å². The van der Waals surface area contributed by atoms with Crippen LogP contribution < -0.4 is 5.32 Å². The zero-order chi connectivity index (χ0) is 15.0. The Morgan fingerprint density at radius 2 is 1.67 bits per heavy atom. The highest BCUT2D eigenvalue weighted by molar-refractivity contribution is 5.98. The molecule has 3 aromatic rings. The van der Waals surface area contributed by atoms with Crippen LogP contribution in [0.15, 0.2) is 42.5 Å². The quantitative estimate of drug-likeness (QED) is 0.722. The van der Waals surface area contributed by atoms with Crippen LogP contribution in [0.5, 0.6) is 0 Å². The number of anilines is 1. The van der Waals surface area contributed by atoms with Crippen LogP contribution in [0.4, 0.5) is 5.69 Å². The van der Waals surface area contributed by atoms with Gasteiger partial charge >= 0.3 is 0 Å². The lowest BCUT2D eigenvalue weighted by Gasteiger charge is -2.16. The van der Waals surface area contributed by atoms with Crippen LogP contribution >= 0.6 is 0 Å². The summed E-state index contributed by atoms with van der Waals surface area (Å²) in [6.45, 7) is 6.41. The molecular formula is C19H20N2. The van der Waals surface area contributed by atoms with Gasteiger partial charge in [-0.15, -0.1) is 0 Å². The van der Waals surface area contributed by atoms with E-state index in [0.717, 1.165) is 16.8 Å². The summed E-state index contributed by atoms with van der Waals surface area (Å²) in [5.41, 5.74) is 8.16. The molecular weight excluding hydrogens is 256 g/mol. The fraction of sp³-hybridized carbons (Fsp3) is 0.211. The second kappa shape index (κ2) is 5.21. The third-order valence-corrected chi connectivity index (χ3v) is 3.97. The lowest BCUT2D eigenvalue weighted by Crippen LogP contribution is -2.00. The molecule has 1 aromatic heterocycles. The van der Waals surface area contributed by atoms with Crippen LogP contribution in [0.2, 0.25) is 0 Å². The highest BCUT2D eigenvalue weighted by atomic mass is 14.8. The van der Waals surface area contributed by atoms with Gasteiger partial charge < -0.3 is 5.32 Å². The molecule has 0 bridgehead atoms. The van der Waals surface area contributed by atoms with Gasteiger partial charge in [0.1, 0.15) is 0 Å². The number of hydrogen-bond donors (Lipinski definition) is 1. The molecule has 0 fully saturated rings. The van der Waals surface area contributed by atoms with E-state index >= 15 is 0 Å². The van der Waals surface area contributed by atoms with E-state index in [1.165, 1.54) is 27.8 Å². The number of nitrogens with zero attached hydrogens (tertiary/aromatic N) is 1. The topological polar surface area (TPSA) is 24.9 Å². The van der Waals surface area contributed by atoms with Crippen molar-refractivity contribution in [3.05, 3.63) is 59.2 Å². The number of fused-ring (bicyclic) bond motifs is 1. The number of aromatic nitrogens is 1. The Hall–Kier alpha value is -2.35. The second-order valence-electron chi connectivity index (χ2n) is 5.55. The van der Waals surface area contributed by atoms with E-state index < -0.39 is 0 Å². The molecule has 0 radical (unpaired) electrons. The summed E-state index contributed by atoms with van der Waals surface area (Å²) in [6, 6.07) is 14.8. The summed E-state index contributed by atoms with van der Waals surface area (Å²) in [7, 11) is 1.98. The van der Waals surface area contributed by atoms with E-state index in [0.29, 0.717) is 0 Å². The molecule has 0 unspecified atom stereocenters. The normalized spacial score (nSPS) is 10.9. The number of nitrogens with one attached hydrogen (secondary N) is 1. The molecule has 2 nitrogen and oxygen atoms in total. The Kier molecular flexibility index (Phi) is 3.38. The molecule has 2 heteroatoms.